The van der Waals surface area contributed by atoms with E-state index in [9.17, 15) is 9.59 Å². The molecule has 1 N–H and O–H groups in total. The summed E-state index contributed by atoms with van der Waals surface area (Å²) in [6.45, 7) is 6.20. The fraction of sp³-hybridized carbons (Fsp3) is 0.310. The molecule has 0 aromatic heterocycles. The van der Waals surface area contributed by atoms with Crippen LogP contribution >= 0.6 is 15.9 Å². The second kappa shape index (κ2) is 12.5. The Hall–Kier alpha value is -2.92. The fourth-order valence-electron chi connectivity index (χ4n) is 3.93. The van der Waals surface area contributed by atoms with E-state index in [0.717, 1.165) is 27.6 Å². The second-order valence-corrected chi connectivity index (χ2v) is 9.64. The molecule has 0 radical (unpaired) electrons. The van der Waals surface area contributed by atoms with E-state index >= 15 is 0 Å². The summed E-state index contributed by atoms with van der Waals surface area (Å²) >= 11 is 3.47. The summed E-state index contributed by atoms with van der Waals surface area (Å²) in [6.07, 6.45) is 1.12. The molecular weight excluding hydrogens is 488 g/mol. The first-order valence-electron chi connectivity index (χ1n) is 11.8. The van der Waals surface area contributed by atoms with Gasteiger partial charge < -0.3 is 10.2 Å². The van der Waals surface area contributed by atoms with E-state index < -0.39 is 6.04 Å². The van der Waals surface area contributed by atoms with Gasteiger partial charge in [-0.05, 0) is 49.1 Å². The zero-order chi connectivity index (χ0) is 24.5. The zero-order valence-corrected chi connectivity index (χ0v) is 21.7. The van der Waals surface area contributed by atoms with Crippen LogP contribution in [0.2, 0.25) is 0 Å². The smallest absolute Gasteiger partial charge is 0.242 e. The van der Waals surface area contributed by atoms with Crippen molar-refractivity contribution in [3.8, 4) is 0 Å². The zero-order valence-electron chi connectivity index (χ0n) is 20.1. The van der Waals surface area contributed by atoms with Gasteiger partial charge in [-0.15, -0.1) is 0 Å². The lowest BCUT2D eigenvalue weighted by molar-refractivity contribution is -0.141. The molecule has 0 bridgehead atoms. The minimum absolute atomic E-state index is 0.0487. The van der Waals surface area contributed by atoms with E-state index in [4.69, 9.17) is 0 Å². The SMILES string of the molecule is CCC(C)NC(=O)C(C)N(Cc1ccc(Br)cc1)C(=O)CC(c1ccccc1)c1ccccc1. The minimum atomic E-state index is -0.586. The van der Waals surface area contributed by atoms with Crippen LogP contribution in [0.15, 0.2) is 89.4 Å². The van der Waals surface area contributed by atoms with Crippen LogP contribution < -0.4 is 5.32 Å². The molecule has 0 aliphatic heterocycles. The molecule has 2 unspecified atom stereocenters. The summed E-state index contributed by atoms with van der Waals surface area (Å²) in [4.78, 5) is 28.5. The fourth-order valence-corrected chi connectivity index (χ4v) is 4.19. The van der Waals surface area contributed by atoms with Crippen molar-refractivity contribution >= 4 is 27.7 Å². The van der Waals surface area contributed by atoms with Gasteiger partial charge in [0.1, 0.15) is 6.04 Å². The van der Waals surface area contributed by atoms with Gasteiger partial charge in [-0.3, -0.25) is 9.59 Å². The molecule has 0 heterocycles. The lowest BCUT2D eigenvalue weighted by Gasteiger charge is -2.31. The van der Waals surface area contributed by atoms with Crippen LogP contribution in [0.4, 0.5) is 0 Å². The van der Waals surface area contributed by atoms with Crippen LogP contribution in [0.25, 0.3) is 0 Å². The molecule has 0 aliphatic carbocycles. The Balaban J connectivity index is 1.90. The molecule has 3 aromatic carbocycles. The highest BCUT2D eigenvalue weighted by Crippen LogP contribution is 2.29. The third kappa shape index (κ3) is 7.04. The van der Waals surface area contributed by atoms with Crippen LogP contribution in [0.3, 0.4) is 0 Å². The Bertz CT molecular complexity index is 1020. The highest BCUT2D eigenvalue weighted by molar-refractivity contribution is 9.10. The van der Waals surface area contributed by atoms with E-state index in [0.29, 0.717) is 6.54 Å². The molecule has 3 aromatic rings. The Labute approximate surface area is 211 Å². The monoisotopic (exact) mass is 520 g/mol. The van der Waals surface area contributed by atoms with Gasteiger partial charge in [0.05, 0.1) is 0 Å². The third-order valence-corrected chi connectivity index (χ3v) is 6.75. The Morgan fingerprint density at radius 1 is 0.853 bits per heavy atom. The van der Waals surface area contributed by atoms with Crippen molar-refractivity contribution in [3.05, 3.63) is 106 Å². The van der Waals surface area contributed by atoms with Gasteiger partial charge in [0.25, 0.3) is 0 Å². The van der Waals surface area contributed by atoms with E-state index in [1.54, 1.807) is 4.90 Å². The number of carbonyl (C=O) groups excluding carboxylic acids is 2. The van der Waals surface area contributed by atoms with Gasteiger partial charge in [-0.2, -0.15) is 0 Å². The Morgan fingerprint density at radius 2 is 1.38 bits per heavy atom. The molecule has 2 amide bonds. The molecule has 5 heteroatoms. The normalized spacial score (nSPS) is 12.7. The summed E-state index contributed by atoms with van der Waals surface area (Å²) < 4.78 is 0.977. The van der Waals surface area contributed by atoms with Crippen LogP contribution in [-0.4, -0.2) is 28.8 Å². The maximum absolute atomic E-state index is 13.8. The van der Waals surface area contributed by atoms with E-state index in [2.05, 4.69) is 45.5 Å². The van der Waals surface area contributed by atoms with Crippen LogP contribution in [-0.2, 0) is 16.1 Å². The maximum atomic E-state index is 13.8. The average Bonchev–Trinajstić information content (AvgIpc) is 2.87. The first kappa shape index (κ1) is 25.7. The first-order chi connectivity index (χ1) is 16.4. The Kier molecular flexibility index (Phi) is 9.46. The number of benzene rings is 3. The predicted octanol–water partition coefficient (Wildman–Crippen LogP) is 6.30. The minimum Gasteiger partial charge on any atom is -0.352 e. The number of nitrogens with zero attached hydrogens (tertiary/aromatic N) is 1. The lowest BCUT2D eigenvalue weighted by Crippen LogP contribution is -2.49. The van der Waals surface area contributed by atoms with Gasteiger partial charge >= 0.3 is 0 Å². The van der Waals surface area contributed by atoms with Gasteiger partial charge in [-0.25, -0.2) is 0 Å². The maximum Gasteiger partial charge on any atom is 0.242 e. The predicted molar refractivity (Wildman–Crippen MR) is 141 cm³/mol. The summed E-state index contributed by atoms with van der Waals surface area (Å²) in [7, 11) is 0. The number of amides is 2. The lowest BCUT2D eigenvalue weighted by atomic mass is 9.88. The molecule has 0 aliphatic rings. The third-order valence-electron chi connectivity index (χ3n) is 6.22. The van der Waals surface area contributed by atoms with Crippen molar-refractivity contribution < 1.29 is 9.59 Å². The molecule has 0 spiro atoms. The van der Waals surface area contributed by atoms with Crippen LogP contribution in [0.5, 0.6) is 0 Å². The van der Waals surface area contributed by atoms with Crippen molar-refractivity contribution in [3.63, 3.8) is 0 Å². The molecule has 3 rings (SSSR count). The van der Waals surface area contributed by atoms with Crippen molar-refractivity contribution in [2.45, 2.75) is 58.2 Å². The van der Waals surface area contributed by atoms with Gasteiger partial charge in [0.2, 0.25) is 11.8 Å². The van der Waals surface area contributed by atoms with Crippen molar-refractivity contribution in [1.29, 1.82) is 0 Å². The molecular formula is C29H33BrN2O2. The molecule has 0 saturated heterocycles. The number of carbonyl (C=O) groups is 2. The summed E-state index contributed by atoms with van der Waals surface area (Å²) in [5.74, 6) is -0.268. The summed E-state index contributed by atoms with van der Waals surface area (Å²) in [5.41, 5.74) is 3.15. The highest BCUT2D eigenvalue weighted by atomic mass is 79.9. The van der Waals surface area contributed by atoms with Crippen LogP contribution in [0, 0.1) is 0 Å². The molecule has 178 valence electrons. The van der Waals surface area contributed by atoms with Gasteiger partial charge in [0, 0.05) is 29.4 Å². The molecule has 2 atom stereocenters. The summed E-state index contributed by atoms with van der Waals surface area (Å²) in [5, 5.41) is 3.04. The van der Waals surface area contributed by atoms with Gasteiger partial charge in [-0.1, -0.05) is 95.7 Å². The number of nitrogens with one attached hydrogen (secondary N) is 1. The number of halogens is 1. The van der Waals surface area contributed by atoms with E-state index in [1.807, 2.05) is 81.4 Å². The topological polar surface area (TPSA) is 49.4 Å². The molecule has 0 saturated carbocycles. The number of hydrogen-bond donors (Lipinski definition) is 1. The van der Waals surface area contributed by atoms with Crippen LogP contribution in [0.1, 0.15) is 56.2 Å². The molecule has 34 heavy (non-hydrogen) atoms. The van der Waals surface area contributed by atoms with E-state index in [1.165, 1.54) is 0 Å². The second-order valence-electron chi connectivity index (χ2n) is 8.72. The first-order valence-corrected chi connectivity index (χ1v) is 12.6. The largest absolute Gasteiger partial charge is 0.352 e. The summed E-state index contributed by atoms with van der Waals surface area (Å²) in [6, 6.07) is 27.5. The average molecular weight is 521 g/mol. The van der Waals surface area contributed by atoms with Crippen molar-refractivity contribution in [1.82, 2.24) is 10.2 Å². The van der Waals surface area contributed by atoms with Crippen molar-refractivity contribution in [2.24, 2.45) is 0 Å². The standard InChI is InChI=1S/C29H33BrN2O2/c1-4-21(2)31-29(34)22(3)32(20-23-15-17-26(30)18-16-23)28(33)19-27(24-11-7-5-8-12-24)25-13-9-6-10-14-25/h5-18,21-22,27H,4,19-20H2,1-3H3,(H,31,34). The molecule has 0 fully saturated rings. The Morgan fingerprint density at radius 3 is 1.88 bits per heavy atom. The molecule has 4 nitrogen and oxygen atoms in total. The highest BCUT2D eigenvalue weighted by Gasteiger charge is 2.29. The number of rotatable bonds is 10. The van der Waals surface area contributed by atoms with E-state index in [-0.39, 0.29) is 30.2 Å². The van der Waals surface area contributed by atoms with Crippen molar-refractivity contribution in [2.75, 3.05) is 0 Å². The van der Waals surface area contributed by atoms with Gasteiger partial charge in [0.15, 0.2) is 0 Å². The quantitative estimate of drug-likeness (QED) is 0.340. The number of hydrogen-bond acceptors (Lipinski definition) is 2.